The Labute approximate surface area is 134 Å². The van der Waals surface area contributed by atoms with Gasteiger partial charge in [-0.1, -0.05) is 27.7 Å². The molecule has 0 N–H and O–H groups in total. The summed E-state index contributed by atoms with van der Waals surface area (Å²) in [5, 5.41) is 0. The fourth-order valence-corrected chi connectivity index (χ4v) is 4.71. The van der Waals surface area contributed by atoms with Gasteiger partial charge in [-0.25, -0.2) is 9.97 Å². The number of aromatic nitrogens is 2. The first-order valence-electron chi connectivity index (χ1n) is 8.13. The van der Waals surface area contributed by atoms with Crippen LogP contribution in [0, 0.1) is 0 Å². The monoisotopic (exact) mass is 323 g/mol. The summed E-state index contributed by atoms with van der Waals surface area (Å²) in [6, 6.07) is 0.172. The summed E-state index contributed by atoms with van der Waals surface area (Å²) in [7, 11) is -1.04. The second kappa shape index (κ2) is 6.24. The van der Waals surface area contributed by atoms with Crippen LogP contribution in [-0.2, 0) is 15.5 Å². The van der Waals surface area contributed by atoms with Gasteiger partial charge in [0.2, 0.25) is 0 Å². The lowest BCUT2D eigenvalue weighted by molar-refractivity contribution is 0.138. The highest BCUT2D eigenvalue weighted by atomic mass is 32.2. The quantitative estimate of drug-likeness (QED) is 0.837. The summed E-state index contributed by atoms with van der Waals surface area (Å²) in [6.07, 6.45) is 0.987. The van der Waals surface area contributed by atoms with Crippen molar-refractivity contribution in [2.75, 3.05) is 30.4 Å². The molecule has 0 bridgehead atoms. The van der Waals surface area contributed by atoms with E-state index in [4.69, 9.17) is 14.7 Å². The zero-order chi connectivity index (χ0) is 15.9. The predicted molar refractivity (Wildman–Crippen MR) is 88.1 cm³/mol. The molecule has 2 atom stereocenters. The van der Waals surface area contributed by atoms with Crippen LogP contribution < -0.4 is 4.90 Å². The molecule has 2 unspecified atom stereocenters. The molecule has 1 fully saturated rings. The van der Waals surface area contributed by atoms with E-state index in [1.807, 2.05) is 0 Å². The second-order valence-corrected chi connectivity index (χ2v) is 8.15. The fourth-order valence-electron chi connectivity index (χ4n) is 3.04. The van der Waals surface area contributed by atoms with E-state index < -0.39 is 10.8 Å². The van der Waals surface area contributed by atoms with Crippen molar-refractivity contribution in [3.8, 4) is 0 Å². The predicted octanol–water partition coefficient (Wildman–Crippen LogP) is 2.44. The van der Waals surface area contributed by atoms with Gasteiger partial charge in [0.1, 0.15) is 16.5 Å². The topological polar surface area (TPSA) is 55.3 Å². The van der Waals surface area contributed by atoms with Crippen LogP contribution in [0.15, 0.2) is 4.90 Å². The summed E-state index contributed by atoms with van der Waals surface area (Å²) in [5.41, 5.74) is 0.954. The molecular weight excluding hydrogens is 298 g/mol. The van der Waals surface area contributed by atoms with Gasteiger partial charge in [0, 0.05) is 19.1 Å². The van der Waals surface area contributed by atoms with E-state index in [-0.39, 0.29) is 17.9 Å². The molecule has 0 spiro atoms. The van der Waals surface area contributed by atoms with Gasteiger partial charge < -0.3 is 9.64 Å². The normalized spacial score (nSPS) is 25.1. The Morgan fingerprint density at radius 2 is 2.00 bits per heavy atom. The minimum absolute atomic E-state index is 0.172. The molecule has 0 aromatic carbocycles. The van der Waals surface area contributed by atoms with Gasteiger partial charge in [-0.15, -0.1) is 0 Å². The molecule has 0 amide bonds. The molecular formula is C16H25N3O2S. The van der Waals surface area contributed by atoms with Gasteiger partial charge in [-0.05, 0) is 12.3 Å². The molecule has 1 aromatic rings. The number of nitrogens with zero attached hydrogens (tertiary/aromatic N) is 3. The Bertz CT molecular complexity index is 589. The van der Waals surface area contributed by atoms with E-state index in [2.05, 4.69) is 32.6 Å². The molecule has 2 aliphatic heterocycles. The smallest absolute Gasteiger partial charge is 0.149 e. The standard InChI is InChI=1S/C16H25N3O2S/c1-10(2)13-14-16(18-15(17-13)11(3)4)19-6-5-7-21-8-12(19)9-22(14)20/h10-12H,5-9H2,1-4H3. The third kappa shape index (κ3) is 2.78. The molecule has 6 heteroatoms. The van der Waals surface area contributed by atoms with Crippen molar-refractivity contribution < 1.29 is 8.95 Å². The molecule has 3 heterocycles. The molecule has 3 rings (SSSR count). The van der Waals surface area contributed by atoms with E-state index in [0.717, 1.165) is 41.8 Å². The number of hydrogen-bond donors (Lipinski definition) is 0. The molecule has 0 aliphatic carbocycles. The zero-order valence-corrected chi connectivity index (χ0v) is 14.7. The fraction of sp³-hybridized carbons (Fsp3) is 0.750. The first-order chi connectivity index (χ1) is 10.5. The molecule has 2 aliphatic rings. The third-order valence-corrected chi connectivity index (χ3v) is 5.77. The van der Waals surface area contributed by atoms with Crippen molar-refractivity contribution >= 4 is 16.6 Å². The Kier molecular flexibility index (Phi) is 4.50. The maximum atomic E-state index is 12.8. The van der Waals surface area contributed by atoms with Gasteiger partial charge >= 0.3 is 0 Å². The van der Waals surface area contributed by atoms with E-state index >= 15 is 0 Å². The summed E-state index contributed by atoms with van der Waals surface area (Å²) in [6.45, 7) is 10.8. The number of ether oxygens (including phenoxy) is 1. The summed E-state index contributed by atoms with van der Waals surface area (Å²) >= 11 is 0. The van der Waals surface area contributed by atoms with E-state index in [1.165, 1.54) is 0 Å². The number of rotatable bonds is 2. The summed E-state index contributed by atoms with van der Waals surface area (Å²) in [5.74, 6) is 2.88. The minimum atomic E-state index is -1.04. The Balaban J connectivity index is 2.17. The molecule has 1 saturated heterocycles. The van der Waals surface area contributed by atoms with Crippen LogP contribution >= 0.6 is 0 Å². The first kappa shape index (κ1) is 15.9. The van der Waals surface area contributed by atoms with E-state index in [1.54, 1.807) is 0 Å². The van der Waals surface area contributed by atoms with Crippen LogP contribution in [0.2, 0.25) is 0 Å². The van der Waals surface area contributed by atoms with Crippen LogP contribution in [0.25, 0.3) is 0 Å². The largest absolute Gasteiger partial charge is 0.379 e. The molecule has 122 valence electrons. The maximum Gasteiger partial charge on any atom is 0.149 e. The van der Waals surface area contributed by atoms with Crippen LogP contribution in [0.5, 0.6) is 0 Å². The van der Waals surface area contributed by atoms with Crippen molar-refractivity contribution in [2.24, 2.45) is 0 Å². The van der Waals surface area contributed by atoms with Gasteiger partial charge in [0.25, 0.3) is 0 Å². The van der Waals surface area contributed by atoms with Gasteiger partial charge in [0.05, 0.1) is 34.9 Å². The van der Waals surface area contributed by atoms with Crippen molar-refractivity contribution in [1.82, 2.24) is 9.97 Å². The highest BCUT2D eigenvalue weighted by Gasteiger charge is 2.36. The Hall–Kier alpha value is -1.01. The molecule has 1 aromatic heterocycles. The highest BCUT2D eigenvalue weighted by molar-refractivity contribution is 7.85. The average Bonchev–Trinajstić information content (AvgIpc) is 2.71. The van der Waals surface area contributed by atoms with Crippen molar-refractivity contribution in [3.05, 3.63) is 11.5 Å². The second-order valence-electron chi connectivity index (χ2n) is 6.72. The van der Waals surface area contributed by atoms with Crippen LogP contribution in [0.1, 0.15) is 57.5 Å². The van der Waals surface area contributed by atoms with Crippen molar-refractivity contribution in [2.45, 2.75) is 56.9 Å². The number of anilines is 1. The maximum absolute atomic E-state index is 12.8. The van der Waals surface area contributed by atoms with Gasteiger partial charge in [-0.3, -0.25) is 4.21 Å². The van der Waals surface area contributed by atoms with Crippen LogP contribution in [0.4, 0.5) is 5.82 Å². The Morgan fingerprint density at radius 3 is 2.68 bits per heavy atom. The van der Waals surface area contributed by atoms with E-state index in [0.29, 0.717) is 12.4 Å². The summed E-state index contributed by atoms with van der Waals surface area (Å²) < 4.78 is 18.5. The number of hydrogen-bond acceptors (Lipinski definition) is 5. The lowest BCUT2D eigenvalue weighted by atomic mass is 10.1. The van der Waals surface area contributed by atoms with Gasteiger partial charge in [-0.2, -0.15) is 0 Å². The lowest BCUT2D eigenvalue weighted by Gasteiger charge is -2.36. The zero-order valence-electron chi connectivity index (χ0n) is 13.8. The van der Waals surface area contributed by atoms with E-state index in [9.17, 15) is 4.21 Å². The Morgan fingerprint density at radius 1 is 1.23 bits per heavy atom. The molecule has 5 nitrogen and oxygen atoms in total. The molecule has 0 radical (unpaired) electrons. The first-order valence-corrected chi connectivity index (χ1v) is 9.45. The van der Waals surface area contributed by atoms with Crippen LogP contribution in [-0.4, -0.2) is 45.7 Å². The minimum Gasteiger partial charge on any atom is -0.379 e. The van der Waals surface area contributed by atoms with Crippen LogP contribution in [0.3, 0.4) is 0 Å². The number of fused-ring (bicyclic) bond motifs is 3. The lowest BCUT2D eigenvalue weighted by Crippen LogP contribution is -2.46. The molecule has 22 heavy (non-hydrogen) atoms. The SMILES string of the molecule is CC(C)c1nc(C(C)C)c2c(n1)N1CCCOCC1CS2=O. The molecule has 0 saturated carbocycles. The highest BCUT2D eigenvalue weighted by Crippen LogP contribution is 2.36. The summed E-state index contributed by atoms with van der Waals surface area (Å²) in [4.78, 5) is 12.7. The van der Waals surface area contributed by atoms with Crippen molar-refractivity contribution in [1.29, 1.82) is 0 Å². The van der Waals surface area contributed by atoms with Gasteiger partial charge in [0.15, 0.2) is 0 Å². The third-order valence-electron chi connectivity index (χ3n) is 4.24. The average molecular weight is 323 g/mol. The van der Waals surface area contributed by atoms with Crippen molar-refractivity contribution in [3.63, 3.8) is 0 Å².